The monoisotopic (exact) mass is 461 g/mol. The summed E-state index contributed by atoms with van der Waals surface area (Å²) in [6, 6.07) is 13.4. The maximum Gasteiger partial charge on any atom is 0.263 e. The summed E-state index contributed by atoms with van der Waals surface area (Å²) < 4.78 is 3.38. The summed E-state index contributed by atoms with van der Waals surface area (Å²) >= 11 is 1.31. The minimum absolute atomic E-state index is 0.114. The number of amides is 1. The molecule has 33 heavy (non-hydrogen) atoms. The van der Waals surface area contributed by atoms with Gasteiger partial charge in [-0.05, 0) is 43.0 Å². The van der Waals surface area contributed by atoms with E-state index in [-0.39, 0.29) is 17.4 Å². The van der Waals surface area contributed by atoms with Crippen LogP contribution in [0.1, 0.15) is 37.8 Å². The van der Waals surface area contributed by atoms with Crippen molar-refractivity contribution in [3.8, 4) is 0 Å². The van der Waals surface area contributed by atoms with Crippen LogP contribution in [-0.2, 0) is 11.3 Å². The van der Waals surface area contributed by atoms with Gasteiger partial charge in [0.05, 0.1) is 16.2 Å². The van der Waals surface area contributed by atoms with Gasteiger partial charge in [-0.25, -0.2) is 0 Å². The summed E-state index contributed by atoms with van der Waals surface area (Å²) in [6.45, 7) is 12.1. The van der Waals surface area contributed by atoms with Crippen LogP contribution >= 0.6 is 11.8 Å². The van der Waals surface area contributed by atoms with E-state index in [1.54, 1.807) is 16.7 Å². The average Bonchev–Trinajstić information content (AvgIpc) is 3.21. The quantitative estimate of drug-likeness (QED) is 0.316. The number of fused-ring (bicyclic) bond motifs is 3. The van der Waals surface area contributed by atoms with E-state index in [1.807, 2.05) is 54.6 Å². The summed E-state index contributed by atoms with van der Waals surface area (Å²) in [5.41, 5.74) is 3.56. The Kier molecular flexibility index (Phi) is 6.37. The highest BCUT2D eigenvalue weighted by Crippen LogP contribution is 2.30. The molecule has 170 valence electrons. The molecule has 1 amide bonds. The van der Waals surface area contributed by atoms with Gasteiger partial charge >= 0.3 is 0 Å². The molecule has 1 atom stereocenters. The molecule has 8 heteroatoms. The van der Waals surface area contributed by atoms with Crippen molar-refractivity contribution in [3.63, 3.8) is 0 Å². The molecule has 4 rings (SSSR count). The van der Waals surface area contributed by atoms with Gasteiger partial charge in [0.25, 0.3) is 5.56 Å². The second-order valence-corrected chi connectivity index (χ2v) is 9.59. The number of hydrogen-bond donors (Lipinski definition) is 1. The molecule has 1 N–H and O–H groups in total. The Morgan fingerprint density at radius 3 is 2.64 bits per heavy atom. The van der Waals surface area contributed by atoms with Crippen molar-refractivity contribution < 1.29 is 4.79 Å². The van der Waals surface area contributed by atoms with Crippen molar-refractivity contribution in [1.29, 1.82) is 0 Å². The van der Waals surface area contributed by atoms with E-state index in [0.717, 1.165) is 16.8 Å². The zero-order valence-electron chi connectivity index (χ0n) is 19.2. The van der Waals surface area contributed by atoms with Crippen molar-refractivity contribution in [2.24, 2.45) is 0 Å². The minimum atomic E-state index is -0.435. The number of allylic oxidation sites excluding steroid dienone is 1. The molecule has 0 spiro atoms. The molecule has 0 saturated carbocycles. The Labute approximate surface area is 196 Å². The molecule has 7 nitrogen and oxygen atoms in total. The Morgan fingerprint density at radius 2 is 1.91 bits per heavy atom. The van der Waals surface area contributed by atoms with Gasteiger partial charge in [0, 0.05) is 12.2 Å². The topological polar surface area (TPSA) is 81.3 Å². The Balaban J connectivity index is 1.71. The molecular weight excluding hydrogens is 434 g/mol. The van der Waals surface area contributed by atoms with Crippen molar-refractivity contribution in [3.05, 3.63) is 76.6 Å². The maximum absolute atomic E-state index is 13.1. The number of thioether (sulfide) groups is 1. The van der Waals surface area contributed by atoms with Crippen molar-refractivity contribution >= 4 is 40.0 Å². The van der Waals surface area contributed by atoms with Crippen LogP contribution in [-0.4, -0.2) is 30.3 Å². The number of carbonyl (C=O) groups is 1. The third-order valence-electron chi connectivity index (χ3n) is 5.62. The molecule has 2 heterocycles. The normalized spacial score (nSPS) is 12.4. The number of benzene rings is 2. The molecule has 0 fully saturated rings. The number of anilines is 1. The van der Waals surface area contributed by atoms with E-state index in [4.69, 9.17) is 0 Å². The van der Waals surface area contributed by atoms with E-state index in [2.05, 4.69) is 35.9 Å². The van der Waals surface area contributed by atoms with Crippen LogP contribution in [0.3, 0.4) is 0 Å². The molecule has 2 aromatic heterocycles. The summed E-state index contributed by atoms with van der Waals surface area (Å²) in [5, 5.41) is 12.4. The van der Waals surface area contributed by atoms with Crippen LogP contribution in [0.25, 0.3) is 16.7 Å². The Hall–Kier alpha value is -3.39. The maximum atomic E-state index is 13.1. The molecule has 0 saturated heterocycles. The van der Waals surface area contributed by atoms with E-state index in [0.29, 0.717) is 28.4 Å². The number of aryl methyl sites for hydroxylation is 1. The van der Waals surface area contributed by atoms with E-state index >= 15 is 0 Å². The summed E-state index contributed by atoms with van der Waals surface area (Å²) in [5.74, 6) is 0.600. The van der Waals surface area contributed by atoms with E-state index in [9.17, 15) is 9.59 Å². The first kappa shape index (κ1) is 22.8. The second-order valence-electron chi connectivity index (χ2n) is 8.28. The lowest BCUT2D eigenvalue weighted by Crippen LogP contribution is -2.25. The zero-order chi connectivity index (χ0) is 23.7. The van der Waals surface area contributed by atoms with Gasteiger partial charge < -0.3 is 5.32 Å². The highest BCUT2D eigenvalue weighted by molar-refractivity contribution is 8.00. The molecule has 4 aromatic rings. The van der Waals surface area contributed by atoms with Gasteiger partial charge in [0.2, 0.25) is 11.7 Å². The summed E-state index contributed by atoms with van der Waals surface area (Å²) in [6.07, 6.45) is 1.66. The number of carbonyl (C=O) groups excluding carboxylic acids is 1. The molecule has 0 bridgehead atoms. The van der Waals surface area contributed by atoms with Gasteiger partial charge in [0.1, 0.15) is 0 Å². The van der Waals surface area contributed by atoms with Crippen LogP contribution in [0.5, 0.6) is 0 Å². The fourth-order valence-corrected chi connectivity index (χ4v) is 4.74. The number of para-hydroxylation sites is 2. The first-order chi connectivity index (χ1) is 15.8. The number of aromatic nitrogens is 4. The van der Waals surface area contributed by atoms with Crippen LogP contribution in [0, 0.1) is 6.92 Å². The molecule has 0 aliphatic carbocycles. The third-order valence-corrected chi connectivity index (χ3v) is 6.66. The first-order valence-electron chi connectivity index (χ1n) is 10.9. The first-order valence-corrected chi connectivity index (χ1v) is 11.8. The highest BCUT2D eigenvalue weighted by Gasteiger charge is 2.22. The third kappa shape index (κ3) is 4.18. The van der Waals surface area contributed by atoms with Gasteiger partial charge in [-0.1, -0.05) is 62.0 Å². The van der Waals surface area contributed by atoms with Gasteiger partial charge in [-0.2, -0.15) is 0 Å². The fourth-order valence-electron chi connectivity index (χ4n) is 3.88. The molecule has 1 unspecified atom stereocenters. The van der Waals surface area contributed by atoms with Gasteiger partial charge in [0.15, 0.2) is 5.16 Å². The van der Waals surface area contributed by atoms with E-state index < -0.39 is 5.25 Å². The molecule has 0 aliphatic rings. The molecular formula is C25H27N5O2S. The summed E-state index contributed by atoms with van der Waals surface area (Å²) in [7, 11) is 0. The smallest absolute Gasteiger partial charge is 0.263 e. The molecule has 0 aliphatic heterocycles. The van der Waals surface area contributed by atoms with Crippen LogP contribution < -0.4 is 10.9 Å². The predicted molar refractivity (Wildman–Crippen MR) is 134 cm³/mol. The highest BCUT2D eigenvalue weighted by atomic mass is 32.2. The van der Waals surface area contributed by atoms with Crippen molar-refractivity contribution in [2.45, 2.75) is 50.6 Å². The van der Waals surface area contributed by atoms with Gasteiger partial charge in [-0.15, -0.1) is 16.8 Å². The molecule has 2 aromatic carbocycles. The van der Waals surface area contributed by atoms with Crippen molar-refractivity contribution in [2.75, 3.05) is 5.32 Å². The largest absolute Gasteiger partial charge is 0.325 e. The SMILES string of the molecule is C=CCn1c(=O)c2ccccc2n2c(SC(C)C(=O)Nc3c(C)cccc3C(C)C)nnc12. The minimum Gasteiger partial charge on any atom is -0.325 e. The standard InChI is InChI=1S/C25H27N5O2S/c1-6-14-29-23(32)19-11-7-8-13-20(19)30-24(29)27-28-25(30)33-17(5)22(31)26-21-16(4)10-9-12-18(21)15(2)3/h6-13,15,17H,1,14H2,2-5H3,(H,26,31). The lowest BCUT2D eigenvalue weighted by Gasteiger charge is -2.18. The summed E-state index contributed by atoms with van der Waals surface area (Å²) in [4.78, 5) is 26.1. The van der Waals surface area contributed by atoms with E-state index in [1.165, 1.54) is 11.8 Å². The Bertz CT molecular complexity index is 1420. The predicted octanol–water partition coefficient (Wildman–Crippen LogP) is 4.78. The lowest BCUT2D eigenvalue weighted by atomic mass is 9.98. The number of hydrogen-bond acceptors (Lipinski definition) is 5. The number of rotatable bonds is 7. The average molecular weight is 462 g/mol. The number of nitrogens with one attached hydrogen (secondary N) is 1. The number of nitrogens with zero attached hydrogens (tertiary/aromatic N) is 4. The van der Waals surface area contributed by atoms with Crippen LogP contribution in [0.4, 0.5) is 5.69 Å². The van der Waals surface area contributed by atoms with Crippen LogP contribution in [0.2, 0.25) is 0 Å². The lowest BCUT2D eigenvalue weighted by molar-refractivity contribution is -0.115. The van der Waals surface area contributed by atoms with Crippen LogP contribution in [0.15, 0.2) is 65.1 Å². The fraction of sp³-hybridized carbons (Fsp3) is 0.280. The zero-order valence-corrected chi connectivity index (χ0v) is 20.0. The van der Waals surface area contributed by atoms with Gasteiger partial charge in [-0.3, -0.25) is 18.6 Å². The molecule has 0 radical (unpaired) electrons. The Morgan fingerprint density at radius 1 is 1.15 bits per heavy atom. The van der Waals surface area contributed by atoms with Crippen molar-refractivity contribution in [1.82, 2.24) is 19.2 Å². The second kappa shape index (κ2) is 9.23.